The maximum Gasteiger partial charge on any atom is 0.251 e. The zero-order valence-electron chi connectivity index (χ0n) is 15.9. The molecule has 2 fully saturated rings. The van der Waals surface area contributed by atoms with E-state index in [0.717, 1.165) is 43.0 Å². The molecule has 1 saturated heterocycles. The summed E-state index contributed by atoms with van der Waals surface area (Å²) >= 11 is 0. The number of hydrogen-bond donors (Lipinski definition) is 1. The second-order valence-corrected chi connectivity index (χ2v) is 7.71. The van der Waals surface area contributed by atoms with E-state index in [0.29, 0.717) is 11.6 Å². The van der Waals surface area contributed by atoms with E-state index in [2.05, 4.69) is 20.2 Å². The van der Waals surface area contributed by atoms with Crippen LogP contribution in [-0.2, 0) is 0 Å². The Labute approximate surface area is 161 Å². The molecule has 2 heterocycles. The molecule has 1 aromatic heterocycles. The van der Waals surface area contributed by atoms with Crippen molar-refractivity contribution < 1.29 is 4.79 Å². The first-order chi connectivity index (χ1) is 13.3. The molecule has 2 aliphatic rings. The zero-order valence-corrected chi connectivity index (χ0v) is 15.9. The molecule has 4 rings (SSSR count). The average molecular weight is 364 g/mol. The van der Waals surface area contributed by atoms with E-state index in [1.807, 2.05) is 36.7 Å². The summed E-state index contributed by atoms with van der Waals surface area (Å²) in [6.45, 7) is 2.08. The molecular weight excluding hydrogens is 336 g/mol. The molecular formula is C22H28N4O. The molecule has 0 spiro atoms. The van der Waals surface area contributed by atoms with Crippen molar-refractivity contribution in [3.63, 3.8) is 0 Å². The predicted molar refractivity (Wildman–Crippen MR) is 108 cm³/mol. The molecule has 0 radical (unpaired) electrons. The number of nitrogens with zero attached hydrogens (tertiary/aromatic N) is 3. The van der Waals surface area contributed by atoms with E-state index in [9.17, 15) is 4.79 Å². The van der Waals surface area contributed by atoms with Crippen LogP contribution < -0.4 is 10.2 Å². The van der Waals surface area contributed by atoms with Crippen LogP contribution in [0.1, 0.15) is 61.7 Å². The van der Waals surface area contributed by atoms with Gasteiger partial charge in [-0.05, 0) is 43.4 Å². The van der Waals surface area contributed by atoms with E-state index in [1.165, 1.54) is 38.5 Å². The second kappa shape index (κ2) is 8.51. The summed E-state index contributed by atoms with van der Waals surface area (Å²) in [4.78, 5) is 24.0. The first-order valence-corrected chi connectivity index (χ1v) is 10.3. The Morgan fingerprint density at radius 3 is 2.33 bits per heavy atom. The van der Waals surface area contributed by atoms with Crippen LogP contribution in [0.4, 0.5) is 5.95 Å². The lowest BCUT2D eigenvalue weighted by atomic mass is 10.0. The molecule has 1 amide bonds. The van der Waals surface area contributed by atoms with Gasteiger partial charge in [-0.3, -0.25) is 4.79 Å². The van der Waals surface area contributed by atoms with Gasteiger partial charge in [0, 0.05) is 42.7 Å². The van der Waals surface area contributed by atoms with Gasteiger partial charge < -0.3 is 10.2 Å². The number of benzene rings is 1. The quantitative estimate of drug-likeness (QED) is 0.826. The van der Waals surface area contributed by atoms with Gasteiger partial charge in [-0.2, -0.15) is 0 Å². The summed E-state index contributed by atoms with van der Waals surface area (Å²) in [5, 5.41) is 3.22. The molecule has 27 heavy (non-hydrogen) atoms. The lowest BCUT2D eigenvalue weighted by Gasteiger charge is -2.17. The van der Waals surface area contributed by atoms with Crippen LogP contribution in [0.2, 0.25) is 0 Å². The van der Waals surface area contributed by atoms with Crippen molar-refractivity contribution in [1.82, 2.24) is 15.3 Å². The Morgan fingerprint density at radius 1 is 0.926 bits per heavy atom. The molecule has 0 unspecified atom stereocenters. The lowest BCUT2D eigenvalue weighted by molar-refractivity contribution is 0.0933. The van der Waals surface area contributed by atoms with E-state index in [1.54, 1.807) is 0 Å². The Bertz CT molecular complexity index is 760. The number of nitrogens with one attached hydrogen (secondary N) is 1. The van der Waals surface area contributed by atoms with Crippen molar-refractivity contribution in [2.24, 2.45) is 0 Å². The first kappa shape index (κ1) is 18.0. The molecule has 1 aromatic carbocycles. The molecule has 1 aliphatic carbocycles. The summed E-state index contributed by atoms with van der Waals surface area (Å²) in [6, 6.07) is 8.09. The van der Waals surface area contributed by atoms with Crippen molar-refractivity contribution >= 4 is 11.9 Å². The SMILES string of the molecule is O=C(NC1CCCCCC1)c1cccc(-c2cnc(N3CCCC3)nc2)c1. The predicted octanol–water partition coefficient (Wildman–Crippen LogP) is 4.20. The molecule has 0 bridgehead atoms. The Kier molecular flexibility index (Phi) is 5.66. The summed E-state index contributed by atoms with van der Waals surface area (Å²) in [5.74, 6) is 0.830. The normalized spacial score (nSPS) is 18.3. The molecule has 1 aliphatic heterocycles. The van der Waals surface area contributed by atoms with Gasteiger partial charge in [-0.1, -0.05) is 37.8 Å². The third-order valence-electron chi connectivity index (χ3n) is 5.68. The molecule has 142 valence electrons. The van der Waals surface area contributed by atoms with Gasteiger partial charge in [-0.15, -0.1) is 0 Å². The third kappa shape index (κ3) is 4.46. The topological polar surface area (TPSA) is 58.1 Å². The molecule has 1 N–H and O–H groups in total. The fraction of sp³-hybridized carbons (Fsp3) is 0.500. The number of amides is 1. The second-order valence-electron chi connectivity index (χ2n) is 7.71. The average Bonchev–Trinajstić information content (AvgIpc) is 3.14. The molecule has 0 atom stereocenters. The summed E-state index contributed by atoms with van der Waals surface area (Å²) < 4.78 is 0. The Morgan fingerprint density at radius 2 is 1.63 bits per heavy atom. The van der Waals surface area contributed by atoms with Crippen LogP contribution in [0, 0.1) is 0 Å². The lowest BCUT2D eigenvalue weighted by Crippen LogP contribution is -2.34. The fourth-order valence-electron chi connectivity index (χ4n) is 4.08. The zero-order chi connectivity index (χ0) is 18.5. The summed E-state index contributed by atoms with van der Waals surface area (Å²) in [6.07, 6.45) is 13.3. The van der Waals surface area contributed by atoms with Crippen LogP contribution in [0.25, 0.3) is 11.1 Å². The highest BCUT2D eigenvalue weighted by Gasteiger charge is 2.17. The van der Waals surface area contributed by atoms with Crippen LogP contribution >= 0.6 is 0 Å². The van der Waals surface area contributed by atoms with Gasteiger partial charge in [0.15, 0.2) is 0 Å². The summed E-state index contributed by atoms with van der Waals surface area (Å²) in [5.41, 5.74) is 2.64. The molecule has 2 aromatic rings. The largest absolute Gasteiger partial charge is 0.349 e. The van der Waals surface area contributed by atoms with Crippen molar-refractivity contribution in [2.45, 2.75) is 57.4 Å². The highest BCUT2D eigenvalue weighted by atomic mass is 16.1. The van der Waals surface area contributed by atoms with Gasteiger partial charge in [-0.25, -0.2) is 9.97 Å². The van der Waals surface area contributed by atoms with Gasteiger partial charge in [0.25, 0.3) is 5.91 Å². The first-order valence-electron chi connectivity index (χ1n) is 10.3. The molecule has 5 heteroatoms. The third-order valence-corrected chi connectivity index (χ3v) is 5.68. The van der Waals surface area contributed by atoms with Crippen LogP contribution in [0.5, 0.6) is 0 Å². The summed E-state index contributed by atoms with van der Waals surface area (Å²) in [7, 11) is 0. The number of anilines is 1. The van der Waals surface area contributed by atoms with Gasteiger partial charge in [0.1, 0.15) is 0 Å². The van der Waals surface area contributed by atoms with Gasteiger partial charge in [0.05, 0.1) is 0 Å². The van der Waals surface area contributed by atoms with E-state index in [4.69, 9.17) is 0 Å². The van der Waals surface area contributed by atoms with Crippen molar-refractivity contribution in [3.05, 3.63) is 42.2 Å². The van der Waals surface area contributed by atoms with Crippen molar-refractivity contribution in [2.75, 3.05) is 18.0 Å². The standard InChI is InChI=1S/C22H28N4O/c27-21(25-20-10-3-1-2-4-11-20)18-9-7-8-17(14-18)19-15-23-22(24-16-19)26-12-5-6-13-26/h7-9,14-16,20H,1-6,10-13H2,(H,25,27). The van der Waals surface area contributed by atoms with Gasteiger partial charge >= 0.3 is 0 Å². The van der Waals surface area contributed by atoms with E-state index in [-0.39, 0.29) is 5.91 Å². The van der Waals surface area contributed by atoms with E-state index >= 15 is 0 Å². The number of hydrogen-bond acceptors (Lipinski definition) is 4. The monoisotopic (exact) mass is 364 g/mol. The molecule has 5 nitrogen and oxygen atoms in total. The maximum atomic E-state index is 12.7. The Hall–Kier alpha value is -2.43. The minimum absolute atomic E-state index is 0.0263. The van der Waals surface area contributed by atoms with E-state index < -0.39 is 0 Å². The maximum absolute atomic E-state index is 12.7. The smallest absolute Gasteiger partial charge is 0.251 e. The minimum atomic E-state index is 0.0263. The number of carbonyl (C=O) groups is 1. The number of carbonyl (C=O) groups excluding carboxylic acids is 1. The Balaban J connectivity index is 1.45. The molecule has 1 saturated carbocycles. The van der Waals surface area contributed by atoms with Gasteiger partial charge in [0.2, 0.25) is 5.95 Å². The minimum Gasteiger partial charge on any atom is -0.349 e. The fourth-order valence-corrected chi connectivity index (χ4v) is 4.08. The van der Waals surface area contributed by atoms with Crippen molar-refractivity contribution in [3.8, 4) is 11.1 Å². The number of rotatable bonds is 4. The van der Waals surface area contributed by atoms with Crippen LogP contribution in [-0.4, -0.2) is 35.0 Å². The highest BCUT2D eigenvalue weighted by molar-refractivity contribution is 5.95. The van der Waals surface area contributed by atoms with Crippen LogP contribution in [0.3, 0.4) is 0 Å². The van der Waals surface area contributed by atoms with Crippen molar-refractivity contribution in [1.29, 1.82) is 0 Å². The van der Waals surface area contributed by atoms with Crippen LogP contribution in [0.15, 0.2) is 36.7 Å². The number of aromatic nitrogens is 2. The highest BCUT2D eigenvalue weighted by Crippen LogP contribution is 2.22.